The Bertz CT molecular complexity index is 1000. The number of nitrogens with one attached hydrogen (secondary N) is 1. The molecule has 1 heterocycles. The standard InChI is InChI=1S/C18H18FN3O3S2/c1-22-11-10-20-18(22)26-17-5-3-2-4-16(17)21-27(23,24)13-12-25-15-8-6-14(19)7-9-15/h2-11,21H,12-13H2,1H3. The van der Waals surface area contributed by atoms with E-state index in [2.05, 4.69) is 9.71 Å². The highest BCUT2D eigenvalue weighted by molar-refractivity contribution is 7.99. The van der Waals surface area contributed by atoms with Crippen molar-refractivity contribution in [2.24, 2.45) is 7.05 Å². The van der Waals surface area contributed by atoms with Crippen molar-refractivity contribution >= 4 is 27.5 Å². The molecule has 0 fully saturated rings. The predicted octanol–water partition coefficient (Wildman–Crippen LogP) is 3.53. The van der Waals surface area contributed by atoms with E-state index >= 15 is 0 Å². The van der Waals surface area contributed by atoms with E-state index in [1.54, 1.807) is 18.3 Å². The molecule has 0 unspecified atom stereocenters. The first-order valence-electron chi connectivity index (χ1n) is 8.06. The number of sulfonamides is 1. The summed E-state index contributed by atoms with van der Waals surface area (Å²) >= 11 is 1.37. The van der Waals surface area contributed by atoms with Crippen LogP contribution in [0, 0.1) is 5.82 Å². The molecule has 0 radical (unpaired) electrons. The summed E-state index contributed by atoms with van der Waals surface area (Å²) in [7, 11) is -1.74. The predicted molar refractivity (Wildman–Crippen MR) is 103 cm³/mol. The van der Waals surface area contributed by atoms with Gasteiger partial charge in [-0.2, -0.15) is 0 Å². The lowest BCUT2D eigenvalue weighted by atomic mass is 10.3. The molecule has 0 aliphatic rings. The molecule has 9 heteroatoms. The molecule has 3 rings (SSSR count). The number of para-hydroxylation sites is 1. The smallest absolute Gasteiger partial charge is 0.236 e. The van der Waals surface area contributed by atoms with Crippen LogP contribution in [0.3, 0.4) is 0 Å². The normalized spacial score (nSPS) is 11.3. The van der Waals surface area contributed by atoms with E-state index in [0.29, 0.717) is 11.4 Å². The van der Waals surface area contributed by atoms with E-state index in [1.165, 1.54) is 36.0 Å². The number of ether oxygens (including phenoxy) is 1. The van der Waals surface area contributed by atoms with Gasteiger partial charge in [-0.25, -0.2) is 17.8 Å². The van der Waals surface area contributed by atoms with Crippen LogP contribution in [0.1, 0.15) is 0 Å². The molecule has 0 saturated heterocycles. The monoisotopic (exact) mass is 407 g/mol. The van der Waals surface area contributed by atoms with E-state index in [-0.39, 0.29) is 18.2 Å². The van der Waals surface area contributed by atoms with Gasteiger partial charge >= 0.3 is 0 Å². The van der Waals surface area contributed by atoms with Gasteiger partial charge in [0, 0.05) is 24.3 Å². The molecule has 3 aromatic rings. The minimum absolute atomic E-state index is 0.0460. The van der Waals surface area contributed by atoms with Gasteiger partial charge in [0.05, 0.1) is 5.69 Å². The van der Waals surface area contributed by atoms with Crippen molar-refractivity contribution in [1.29, 1.82) is 0 Å². The highest BCUT2D eigenvalue weighted by Gasteiger charge is 2.15. The second-order valence-corrected chi connectivity index (χ2v) is 8.49. The minimum atomic E-state index is -3.61. The van der Waals surface area contributed by atoms with Gasteiger partial charge < -0.3 is 9.30 Å². The van der Waals surface area contributed by atoms with Gasteiger partial charge in [0.2, 0.25) is 10.0 Å². The van der Waals surface area contributed by atoms with Crippen LogP contribution in [0.25, 0.3) is 0 Å². The molecule has 1 aromatic heterocycles. The molecule has 0 spiro atoms. The van der Waals surface area contributed by atoms with Gasteiger partial charge in [-0.05, 0) is 48.2 Å². The Labute approximate surface area is 161 Å². The Balaban J connectivity index is 1.63. The van der Waals surface area contributed by atoms with Crippen molar-refractivity contribution in [1.82, 2.24) is 9.55 Å². The molecule has 0 saturated carbocycles. The lowest BCUT2D eigenvalue weighted by Gasteiger charge is -2.12. The number of hydrogen-bond donors (Lipinski definition) is 1. The first-order valence-corrected chi connectivity index (χ1v) is 10.5. The third kappa shape index (κ3) is 5.48. The average molecular weight is 407 g/mol. The topological polar surface area (TPSA) is 73.2 Å². The fourth-order valence-electron chi connectivity index (χ4n) is 2.21. The summed E-state index contributed by atoms with van der Waals surface area (Å²) in [6.07, 6.45) is 3.50. The molecule has 0 aliphatic carbocycles. The van der Waals surface area contributed by atoms with E-state index in [4.69, 9.17) is 4.74 Å². The molecule has 0 amide bonds. The van der Waals surface area contributed by atoms with E-state index in [9.17, 15) is 12.8 Å². The molecule has 1 N–H and O–H groups in total. The van der Waals surface area contributed by atoms with E-state index in [1.807, 2.05) is 29.9 Å². The molecular formula is C18H18FN3O3S2. The zero-order chi connectivity index (χ0) is 19.3. The van der Waals surface area contributed by atoms with Crippen LogP contribution in [0.2, 0.25) is 0 Å². The first kappa shape index (κ1) is 19.2. The van der Waals surface area contributed by atoms with Gasteiger partial charge in [-0.15, -0.1) is 0 Å². The van der Waals surface area contributed by atoms with Gasteiger partial charge in [-0.3, -0.25) is 4.72 Å². The summed E-state index contributed by atoms with van der Waals surface area (Å²) in [5, 5.41) is 0.751. The summed E-state index contributed by atoms with van der Waals surface area (Å²) < 4.78 is 47.4. The van der Waals surface area contributed by atoms with Crippen LogP contribution in [0.5, 0.6) is 5.75 Å². The number of nitrogens with zero attached hydrogens (tertiary/aromatic N) is 2. The SMILES string of the molecule is Cn1ccnc1Sc1ccccc1NS(=O)(=O)CCOc1ccc(F)cc1. The van der Waals surface area contributed by atoms with Gasteiger partial charge in [0.25, 0.3) is 0 Å². The zero-order valence-corrected chi connectivity index (χ0v) is 16.1. The Hall–Kier alpha value is -2.52. The molecule has 27 heavy (non-hydrogen) atoms. The number of hydrogen-bond acceptors (Lipinski definition) is 5. The quantitative estimate of drug-likeness (QED) is 0.618. The van der Waals surface area contributed by atoms with Crippen molar-refractivity contribution < 1.29 is 17.5 Å². The number of benzene rings is 2. The highest BCUT2D eigenvalue weighted by atomic mass is 32.2. The van der Waals surface area contributed by atoms with Gasteiger partial charge in [0.1, 0.15) is 23.9 Å². The van der Waals surface area contributed by atoms with Crippen LogP contribution in [-0.2, 0) is 17.1 Å². The molecule has 0 atom stereocenters. The fraction of sp³-hybridized carbons (Fsp3) is 0.167. The maximum Gasteiger partial charge on any atom is 0.236 e. The summed E-state index contributed by atoms with van der Waals surface area (Å²) in [6, 6.07) is 12.5. The Morgan fingerprint density at radius 2 is 1.93 bits per heavy atom. The summed E-state index contributed by atoms with van der Waals surface area (Å²) in [6.45, 7) is -0.0460. The highest BCUT2D eigenvalue weighted by Crippen LogP contribution is 2.32. The number of halogens is 1. The van der Waals surface area contributed by atoms with Crippen molar-refractivity contribution in [2.75, 3.05) is 17.1 Å². The lowest BCUT2D eigenvalue weighted by Crippen LogP contribution is -2.21. The van der Waals surface area contributed by atoms with Crippen LogP contribution in [-0.4, -0.2) is 30.3 Å². The second-order valence-electron chi connectivity index (χ2n) is 5.64. The van der Waals surface area contributed by atoms with Crippen molar-refractivity contribution in [3.63, 3.8) is 0 Å². The number of imidazole rings is 1. The number of aryl methyl sites for hydroxylation is 1. The number of rotatable bonds is 8. The van der Waals surface area contributed by atoms with Crippen molar-refractivity contribution in [3.8, 4) is 5.75 Å². The summed E-state index contributed by atoms with van der Waals surface area (Å²) in [4.78, 5) is 4.99. The molecule has 0 bridgehead atoms. The lowest BCUT2D eigenvalue weighted by molar-refractivity contribution is 0.340. The maximum absolute atomic E-state index is 12.9. The van der Waals surface area contributed by atoms with Crippen LogP contribution in [0.4, 0.5) is 10.1 Å². The number of aromatic nitrogens is 2. The number of anilines is 1. The van der Waals surface area contributed by atoms with Gasteiger partial charge in [0.15, 0.2) is 5.16 Å². The van der Waals surface area contributed by atoms with Crippen LogP contribution < -0.4 is 9.46 Å². The maximum atomic E-state index is 12.9. The summed E-state index contributed by atoms with van der Waals surface area (Å²) in [5.41, 5.74) is 0.479. The summed E-state index contributed by atoms with van der Waals surface area (Å²) in [5.74, 6) is -0.193. The van der Waals surface area contributed by atoms with Crippen molar-refractivity contribution in [3.05, 3.63) is 66.7 Å². The van der Waals surface area contributed by atoms with E-state index in [0.717, 1.165) is 10.1 Å². The van der Waals surface area contributed by atoms with Crippen molar-refractivity contribution in [2.45, 2.75) is 10.1 Å². The third-order valence-electron chi connectivity index (χ3n) is 3.57. The minimum Gasteiger partial charge on any atom is -0.492 e. The first-order chi connectivity index (χ1) is 12.9. The Morgan fingerprint density at radius 3 is 2.63 bits per heavy atom. The Morgan fingerprint density at radius 1 is 1.19 bits per heavy atom. The van der Waals surface area contributed by atoms with Crippen LogP contribution >= 0.6 is 11.8 Å². The fourth-order valence-corrected chi connectivity index (χ4v) is 4.08. The second kappa shape index (κ2) is 8.45. The van der Waals surface area contributed by atoms with E-state index < -0.39 is 10.0 Å². The third-order valence-corrected chi connectivity index (χ3v) is 5.95. The van der Waals surface area contributed by atoms with Crippen LogP contribution in [0.15, 0.2) is 71.0 Å². The molecular weight excluding hydrogens is 389 g/mol. The average Bonchev–Trinajstić information content (AvgIpc) is 3.03. The van der Waals surface area contributed by atoms with Gasteiger partial charge in [-0.1, -0.05) is 12.1 Å². The Kier molecular flexibility index (Phi) is 6.02. The molecule has 142 valence electrons. The molecule has 0 aliphatic heterocycles. The molecule has 2 aromatic carbocycles. The largest absolute Gasteiger partial charge is 0.492 e. The molecule has 6 nitrogen and oxygen atoms in total. The zero-order valence-electron chi connectivity index (χ0n) is 14.5.